The number of amides is 1. The van der Waals surface area contributed by atoms with Crippen LogP contribution in [-0.2, 0) is 10.2 Å². The molecule has 1 aromatic heterocycles. The maximum atomic E-state index is 11.5. The van der Waals surface area contributed by atoms with Gasteiger partial charge in [-0.05, 0) is 23.1 Å². The quantitative estimate of drug-likeness (QED) is 0.649. The number of rotatable bonds is 6. The monoisotopic (exact) mass is 331 g/mol. The van der Waals surface area contributed by atoms with E-state index in [1.54, 1.807) is 6.08 Å². The Morgan fingerprint density at radius 1 is 1.30 bits per heavy atom. The van der Waals surface area contributed by atoms with Crippen molar-refractivity contribution in [2.24, 2.45) is 0 Å². The lowest BCUT2D eigenvalue weighted by Gasteiger charge is -2.18. The number of benzene rings is 1. The zero-order valence-corrected chi connectivity index (χ0v) is 14.4. The van der Waals surface area contributed by atoms with Gasteiger partial charge >= 0.3 is 0 Å². The van der Waals surface area contributed by atoms with Gasteiger partial charge in [-0.3, -0.25) is 4.79 Å². The second-order valence-corrected chi connectivity index (χ2v) is 7.01. The highest BCUT2D eigenvalue weighted by molar-refractivity contribution is 7.99. The molecule has 1 heterocycles. The van der Waals surface area contributed by atoms with Crippen molar-refractivity contribution in [1.29, 1.82) is 0 Å². The van der Waals surface area contributed by atoms with Gasteiger partial charge in [0.1, 0.15) is 0 Å². The summed E-state index contributed by atoms with van der Waals surface area (Å²) >= 11 is 1.22. The zero-order valence-electron chi connectivity index (χ0n) is 13.6. The molecule has 0 unspecified atom stereocenters. The van der Waals surface area contributed by atoms with E-state index in [-0.39, 0.29) is 17.1 Å². The third-order valence-corrected chi connectivity index (χ3v) is 3.99. The van der Waals surface area contributed by atoms with E-state index in [0.717, 1.165) is 5.56 Å². The topological polar surface area (TPSA) is 68.0 Å². The second kappa shape index (κ2) is 7.46. The van der Waals surface area contributed by atoms with Crippen LogP contribution >= 0.6 is 11.8 Å². The van der Waals surface area contributed by atoms with Crippen LogP contribution in [0.5, 0.6) is 0 Å². The molecule has 2 aromatic rings. The predicted octanol–water partition coefficient (Wildman–Crippen LogP) is 3.43. The highest BCUT2D eigenvalue weighted by Gasteiger charge is 2.15. The maximum Gasteiger partial charge on any atom is 0.277 e. The van der Waals surface area contributed by atoms with Gasteiger partial charge in [0.25, 0.3) is 5.22 Å². The van der Waals surface area contributed by atoms with Gasteiger partial charge in [-0.2, -0.15) is 0 Å². The Hall–Kier alpha value is -2.08. The smallest absolute Gasteiger partial charge is 0.277 e. The molecule has 0 aliphatic carbocycles. The number of aromatic nitrogens is 2. The molecule has 0 spiro atoms. The number of carbonyl (C=O) groups is 1. The molecular weight excluding hydrogens is 310 g/mol. The van der Waals surface area contributed by atoms with Crippen LogP contribution in [0.25, 0.3) is 11.5 Å². The molecule has 0 aliphatic heterocycles. The number of nitrogens with zero attached hydrogens (tertiary/aromatic N) is 2. The number of carbonyl (C=O) groups excluding carboxylic acids is 1. The summed E-state index contributed by atoms with van der Waals surface area (Å²) in [6, 6.07) is 8.07. The molecule has 1 amide bonds. The molecule has 122 valence electrons. The minimum Gasteiger partial charge on any atom is -0.411 e. The lowest BCUT2D eigenvalue weighted by molar-refractivity contribution is -0.118. The molecule has 0 bridgehead atoms. The summed E-state index contributed by atoms with van der Waals surface area (Å²) in [4.78, 5) is 11.5. The van der Waals surface area contributed by atoms with Crippen molar-refractivity contribution < 1.29 is 9.21 Å². The van der Waals surface area contributed by atoms with Crippen molar-refractivity contribution in [2.45, 2.75) is 31.4 Å². The lowest BCUT2D eigenvalue weighted by Crippen LogP contribution is -2.24. The van der Waals surface area contributed by atoms with Crippen molar-refractivity contribution in [3.63, 3.8) is 0 Å². The Morgan fingerprint density at radius 2 is 2.00 bits per heavy atom. The van der Waals surface area contributed by atoms with Gasteiger partial charge in [0, 0.05) is 12.1 Å². The van der Waals surface area contributed by atoms with Gasteiger partial charge in [0.05, 0.1) is 5.75 Å². The van der Waals surface area contributed by atoms with Crippen LogP contribution in [0.2, 0.25) is 0 Å². The first-order valence-electron chi connectivity index (χ1n) is 7.35. The van der Waals surface area contributed by atoms with E-state index in [4.69, 9.17) is 4.42 Å². The highest BCUT2D eigenvalue weighted by Crippen LogP contribution is 2.27. The fraction of sp³-hybridized carbons (Fsp3) is 0.353. The third kappa shape index (κ3) is 4.96. The minimum absolute atomic E-state index is 0.0934. The normalized spacial score (nSPS) is 11.3. The van der Waals surface area contributed by atoms with Crippen LogP contribution in [0.1, 0.15) is 26.3 Å². The Bertz CT molecular complexity index is 672. The van der Waals surface area contributed by atoms with E-state index in [1.807, 2.05) is 12.1 Å². The van der Waals surface area contributed by atoms with E-state index in [0.29, 0.717) is 17.7 Å². The molecule has 1 N–H and O–H groups in total. The Labute approximate surface area is 140 Å². The number of hydrogen-bond donors (Lipinski definition) is 1. The molecule has 0 saturated heterocycles. The molecule has 0 fully saturated rings. The summed E-state index contributed by atoms with van der Waals surface area (Å²) in [7, 11) is 0. The summed E-state index contributed by atoms with van der Waals surface area (Å²) in [5, 5.41) is 11.1. The Morgan fingerprint density at radius 3 is 2.61 bits per heavy atom. The average Bonchev–Trinajstić information content (AvgIpc) is 2.99. The Balaban J connectivity index is 1.99. The maximum absolute atomic E-state index is 11.5. The molecule has 0 atom stereocenters. The van der Waals surface area contributed by atoms with Crippen molar-refractivity contribution in [1.82, 2.24) is 15.5 Å². The summed E-state index contributed by atoms with van der Waals surface area (Å²) in [5.41, 5.74) is 2.22. The van der Waals surface area contributed by atoms with Crippen LogP contribution < -0.4 is 5.32 Å². The van der Waals surface area contributed by atoms with E-state index in [2.05, 4.69) is 55.0 Å². The first-order chi connectivity index (χ1) is 10.9. The molecule has 0 radical (unpaired) electrons. The van der Waals surface area contributed by atoms with Gasteiger partial charge in [-0.25, -0.2) is 0 Å². The second-order valence-electron chi connectivity index (χ2n) is 6.08. The van der Waals surface area contributed by atoms with Crippen LogP contribution in [0.4, 0.5) is 0 Å². The van der Waals surface area contributed by atoms with Crippen LogP contribution in [-0.4, -0.2) is 28.4 Å². The first kappa shape index (κ1) is 17.3. The predicted molar refractivity (Wildman–Crippen MR) is 92.4 cm³/mol. The molecule has 5 nitrogen and oxygen atoms in total. The molecule has 2 rings (SSSR count). The summed E-state index contributed by atoms with van der Waals surface area (Å²) < 4.78 is 5.59. The van der Waals surface area contributed by atoms with Crippen molar-refractivity contribution >= 4 is 17.7 Å². The SMILES string of the molecule is C=CCNC(=O)CSc1nnc(-c2ccc(C(C)(C)C)cc2)o1. The molecular formula is C17H21N3O2S. The van der Waals surface area contributed by atoms with Crippen LogP contribution in [0.15, 0.2) is 46.6 Å². The summed E-state index contributed by atoms with van der Waals surface area (Å²) in [6.07, 6.45) is 1.63. The Kier molecular flexibility index (Phi) is 5.60. The number of hydrogen-bond acceptors (Lipinski definition) is 5. The van der Waals surface area contributed by atoms with Gasteiger partial charge in [0.15, 0.2) is 0 Å². The molecule has 0 aliphatic rings. The fourth-order valence-corrected chi connectivity index (χ4v) is 2.45. The van der Waals surface area contributed by atoms with Gasteiger partial charge in [-0.1, -0.05) is 50.7 Å². The third-order valence-electron chi connectivity index (χ3n) is 3.17. The summed E-state index contributed by atoms with van der Waals surface area (Å²) in [5.74, 6) is 0.599. The summed E-state index contributed by atoms with van der Waals surface area (Å²) in [6.45, 7) is 10.5. The molecule has 23 heavy (non-hydrogen) atoms. The zero-order chi connectivity index (χ0) is 16.9. The van der Waals surface area contributed by atoms with E-state index < -0.39 is 0 Å². The van der Waals surface area contributed by atoms with Crippen LogP contribution in [0.3, 0.4) is 0 Å². The van der Waals surface area contributed by atoms with E-state index in [1.165, 1.54) is 17.3 Å². The van der Waals surface area contributed by atoms with Gasteiger partial charge in [-0.15, -0.1) is 16.8 Å². The number of nitrogens with one attached hydrogen (secondary N) is 1. The van der Waals surface area contributed by atoms with Crippen molar-refractivity contribution in [3.05, 3.63) is 42.5 Å². The number of thioether (sulfide) groups is 1. The van der Waals surface area contributed by atoms with Gasteiger partial charge in [0.2, 0.25) is 11.8 Å². The first-order valence-corrected chi connectivity index (χ1v) is 8.33. The highest BCUT2D eigenvalue weighted by atomic mass is 32.2. The van der Waals surface area contributed by atoms with Crippen molar-refractivity contribution in [3.8, 4) is 11.5 Å². The average molecular weight is 331 g/mol. The largest absolute Gasteiger partial charge is 0.411 e. The lowest BCUT2D eigenvalue weighted by atomic mass is 9.87. The standard InChI is InChI=1S/C17H21N3O2S/c1-5-10-18-14(21)11-23-16-20-19-15(22-16)12-6-8-13(9-7-12)17(2,3)4/h5-9H,1,10-11H2,2-4H3,(H,18,21). The molecule has 6 heteroatoms. The molecule has 0 saturated carbocycles. The van der Waals surface area contributed by atoms with E-state index in [9.17, 15) is 4.79 Å². The fourth-order valence-electron chi connectivity index (χ4n) is 1.86. The van der Waals surface area contributed by atoms with Crippen molar-refractivity contribution in [2.75, 3.05) is 12.3 Å². The molecule has 1 aromatic carbocycles. The van der Waals surface area contributed by atoms with Crippen LogP contribution in [0, 0.1) is 0 Å². The van der Waals surface area contributed by atoms with Gasteiger partial charge < -0.3 is 9.73 Å². The van der Waals surface area contributed by atoms with E-state index >= 15 is 0 Å². The minimum atomic E-state index is -0.0934.